The third-order valence-electron chi connectivity index (χ3n) is 6.24. The Morgan fingerprint density at radius 2 is 1.84 bits per heavy atom. The van der Waals surface area contributed by atoms with Gasteiger partial charge in [0, 0.05) is 12.1 Å². The van der Waals surface area contributed by atoms with Crippen LogP contribution in [0.2, 0.25) is 0 Å². The third-order valence-corrected chi connectivity index (χ3v) is 6.24. The van der Waals surface area contributed by atoms with Crippen molar-refractivity contribution in [1.82, 2.24) is 19.8 Å². The molecule has 0 atom stereocenters. The first-order valence-electron chi connectivity index (χ1n) is 11.3. The van der Waals surface area contributed by atoms with E-state index >= 15 is 0 Å². The van der Waals surface area contributed by atoms with Gasteiger partial charge in [0.1, 0.15) is 0 Å². The predicted octanol–water partition coefficient (Wildman–Crippen LogP) is 2.59. The molecule has 2 aromatic carbocycles. The number of carbonyl (C=O) groups is 1. The summed E-state index contributed by atoms with van der Waals surface area (Å²) in [5.74, 6) is 0.612. The second-order valence-corrected chi connectivity index (χ2v) is 8.70. The standard InChI is InChI=1S/C25H30N4O3/c1-18-10-14-28(15-11-18)13-5-12-26-23(30)20-8-9-21-22(16-20)27-25(32)29(24(21)31)17-19-6-3-2-4-7-19/h2-4,6-9,16,18H,5,10-15,17H2,1H3,(H,26,30)(H,27,32). The van der Waals surface area contributed by atoms with E-state index in [4.69, 9.17) is 0 Å². The fraction of sp³-hybridized carbons (Fsp3) is 0.400. The van der Waals surface area contributed by atoms with Crippen molar-refractivity contribution < 1.29 is 4.79 Å². The number of likely N-dealkylation sites (tertiary alicyclic amines) is 1. The zero-order valence-electron chi connectivity index (χ0n) is 18.5. The van der Waals surface area contributed by atoms with Gasteiger partial charge >= 0.3 is 5.69 Å². The lowest BCUT2D eigenvalue weighted by molar-refractivity contribution is 0.0950. The SMILES string of the molecule is CC1CCN(CCCNC(=O)c2ccc3c(=O)n(Cc4ccccc4)c(=O)[nH]c3c2)CC1. The quantitative estimate of drug-likeness (QED) is 0.560. The number of benzene rings is 2. The predicted molar refractivity (Wildman–Crippen MR) is 126 cm³/mol. The summed E-state index contributed by atoms with van der Waals surface area (Å²) in [4.78, 5) is 43.1. The maximum Gasteiger partial charge on any atom is 0.329 e. The molecule has 1 fully saturated rings. The van der Waals surface area contributed by atoms with Gasteiger partial charge in [-0.05, 0) is 68.6 Å². The first kappa shape index (κ1) is 22.0. The van der Waals surface area contributed by atoms with Crippen molar-refractivity contribution in [2.24, 2.45) is 5.92 Å². The molecule has 4 rings (SSSR count). The van der Waals surface area contributed by atoms with Gasteiger partial charge in [0.05, 0.1) is 17.4 Å². The normalized spacial score (nSPS) is 15.2. The number of aromatic amines is 1. The van der Waals surface area contributed by atoms with Gasteiger partial charge in [-0.15, -0.1) is 0 Å². The van der Waals surface area contributed by atoms with Crippen molar-refractivity contribution >= 4 is 16.8 Å². The zero-order valence-corrected chi connectivity index (χ0v) is 18.5. The Labute approximate surface area is 187 Å². The molecule has 7 heteroatoms. The Morgan fingerprint density at radius 1 is 1.09 bits per heavy atom. The second kappa shape index (κ2) is 9.96. The Bertz CT molecular complexity index is 1190. The summed E-state index contributed by atoms with van der Waals surface area (Å²) in [6.07, 6.45) is 3.39. The molecule has 168 valence electrons. The maximum absolute atomic E-state index is 12.9. The van der Waals surface area contributed by atoms with Crippen LogP contribution in [0.25, 0.3) is 10.9 Å². The van der Waals surface area contributed by atoms with Crippen LogP contribution in [0.3, 0.4) is 0 Å². The van der Waals surface area contributed by atoms with Crippen LogP contribution in [0, 0.1) is 5.92 Å². The summed E-state index contributed by atoms with van der Waals surface area (Å²) in [6.45, 7) is 6.34. The fourth-order valence-corrected chi connectivity index (χ4v) is 4.20. The smallest absolute Gasteiger partial charge is 0.329 e. The molecule has 1 aliphatic heterocycles. The number of nitrogens with one attached hydrogen (secondary N) is 2. The van der Waals surface area contributed by atoms with Crippen molar-refractivity contribution in [3.05, 3.63) is 80.5 Å². The van der Waals surface area contributed by atoms with Crippen LogP contribution in [0.1, 0.15) is 42.1 Å². The molecule has 1 aromatic heterocycles. The van der Waals surface area contributed by atoms with Crippen molar-refractivity contribution in [3.8, 4) is 0 Å². The van der Waals surface area contributed by atoms with Gasteiger partial charge in [0.25, 0.3) is 11.5 Å². The number of carbonyl (C=O) groups excluding carboxylic acids is 1. The average Bonchev–Trinajstić information content (AvgIpc) is 2.81. The number of hydrogen-bond acceptors (Lipinski definition) is 4. The Kier molecular flexibility index (Phi) is 6.85. The molecular weight excluding hydrogens is 404 g/mol. The van der Waals surface area contributed by atoms with Gasteiger partial charge in [-0.1, -0.05) is 37.3 Å². The van der Waals surface area contributed by atoms with Crippen molar-refractivity contribution in [2.45, 2.75) is 32.7 Å². The highest BCUT2D eigenvalue weighted by Gasteiger charge is 2.15. The molecule has 1 aliphatic rings. The summed E-state index contributed by atoms with van der Waals surface area (Å²) in [6, 6.07) is 14.2. The molecule has 3 aromatic rings. The van der Waals surface area contributed by atoms with E-state index in [2.05, 4.69) is 22.1 Å². The summed E-state index contributed by atoms with van der Waals surface area (Å²) < 4.78 is 1.18. The van der Waals surface area contributed by atoms with Gasteiger partial charge < -0.3 is 15.2 Å². The number of rotatable bonds is 7. The summed E-state index contributed by atoms with van der Waals surface area (Å²) in [7, 11) is 0. The monoisotopic (exact) mass is 434 g/mol. The van der Waals surface area contributed by atoms with Crippen LogP contribution in [-0.2, 0) is 6.54 Å². The van der Waals surface area contributed by atoms with E-state index in [-0.39, 0.29) is 18.0 Å². The highest BCUT2D eigenvalue weighted by molar-refractivity contribution is 5.97. The zero-order chi connectivity index (χ0) is 22.5. The molecule has 0 saturated carbocycles. The highest BCUT2D eigenvalue weighted by Crippen LogP contribution is 2.15. The van der Waals surface area contributed by atoms with E-state index in [0.717, 1.165) is 37.5 Å². The van der Waals surface area contributed by atoms with Crippen LogP contribution in [0.4, 0.5) is 0 Å². The minimum absolute atomic E-state index is 0.198. The number of amides is 1. The first-order valence-corrected chi connectivity index (χ1v) is 11.3. The van der Waals surface area contributed by atoms with Gasteiger partial charge in [0.15, 0.2) is 0 Å². The number of H-pyrrole nitrogens is 1. The van der Waals surface area contributed by atoms with Crippen LogP contribution >= 0.6 is 0 Å². The minimum Gasteiger partial charge on any atom is -0.352 e. The molecule has 0 bridgehead atoms. The molecule has 32 heavy (non-hydrogen) atoms. The van der Waals surface area contributed by atoms with Crippen LogP contribution in [0.5, 0.6) is 0 Å². The van der Waals surface area contributed by atoms with Crippen LogP contribution in [0.15, 0.2) is 58.1 Å². The second-order valence-electron chi connectivity index (χ2n) is 8.70. The van der Waals surface area contributed by atoms with Gasteiger partial charge in [-0.3, -0.25) is 14.2 Å². The maximum atomic E-state index is 12.9. The van der Waals surface area contributed by atoms with E-state index < -0.39 is 5.69 Å². The summed E-state index contributed by atoms with van der Waals surface area (Å²) >= 11 is 0. The molecular formula is C25H30N4O3. The Hall–Kier alpha value is -3.19. The van der Waals surface area contributed by atoms with E-state index in [1.807, 2.05) is 30.3 Å². The van der Waals surface area contributed by atoms with E-state index in [9.17, 15) is 14.4 Å². The number of piperidine rings is 1. The lowest BCUT2D eigenvalue weighted by atomic mass is 9.99. The van der Waals surface area contributed by atoms with Gasteiger partial charge in [0.2, 0.25) is 0 Å². The van der Waals surface area contributed by atoms with E-state index in [1.54, 1.807) is 18.2 Å². The third kappa shape index (κ3) is 5.16. The topological polar surface area (TPSA) is 87.2 Å². The van der Waals surface area contributed by atoms with Crippen molar-refractivity contribution in [3.63, 3.8) is 0 Å². The van der Waals surface area contributed by atoms with Crippen LogP contribution < -0.4 is 16.6 Å². The van der Waals surface area contributed by atoms with Gasteiger partial charge in [-0.2, -0.15) is 0 Å². The van der Waals surface area contributed by atoms with E-state index in [0.29, 0.717) is 23.0 Å². The summed E-state index contributed by atoms with van der Waals surface area (Å²) in [5.41, 5.74) is 0.823. The van der Waals surface area contributed by atoms with Crippen molar-refractivity contribution in [1.29, 1.82) is 0 Å². The molecule has 0 aliphatic carbocycles. The molecule has 7 nitrogen and oxygen atoms in total. The first-order chi connectivity index (χ1) is 15.5. The average molecular weight is 435 g/mol. The highest BCUT2D eigenvalue weighted by atomic mass is 16.2. The fourth-order valence-electron chi connectivity index (χ4n) is 4.20. The van der Waals surface area contributed by atoms with Crippen LogP contribution in [-0.4, -0.2) is 46.5 Å². The molecule has 0 spiro atoms. The van der Waals surface area contributed by atoms with Crippen molar-refractivity contribution in [2.75, 3.05) is 26.2 Å². The molecule has 1 amide bonds. The number of fused-ring (bicyclic) bond motifs is 1. The largest absolute Gasteiger partial charge is 0.352 e. The lowest BCUT2D eigenvalue weighted by Gasteiger charge is -2.30. The number of aromatic nitrogens is 2. The summed E-state index contributed by atoms with van der Waals surface area (Å²) in [5, 5.41) is 3.33. The Morgan fingerprint density at radius 3 is 2.59 bits per heavy atom. The Balaban J connectivity index is 1.40. The molecule has 2 N–H and O–H groups in total. The molecule has 0 unspecified atom stereocenters. The number of hydrogen-bond donors (Lipinski definition) is 2. The molecule has 0 radical (unpaired) electrons. The minimum atomic E-state index is -0.486. The lowest BCUT2D eigenvalue weighted by Crippen LogP contribution is -2.36. The molecule has 1 saturated heterocycles. The van der Waals surface area contributed by atoms with Gasteiger partial charge in [-0.25, -0.2) is 4.79 Å². The molecule has 2 heterocycles. The number of nitrogens with zero attached hydrogens (tertiary/aromatic N) is 2. The van der Waals surface area contributed by atoms with E-state index in [1.165, 1.54) is 17.4 Å².